The van der Waals surface area contributed by atoms with Crippen LogP contribution in [0.2, 0.25) is 0 Å². The summed E-state index contributed by atoms with van der Waals surface area (Å²) in [5, 5.41) is 0. The van der Waals surface area contributed by atoms with E-state index in [1.807, 2.05) is 37.4 Å². The van der Waals surface area contributed by atoms with Gasteiger partial charge in [0.05, 0.1) is 18.3 Å². The number of hydrogen-bond donors (Lipinski definition) is 1. The van der Waals surface area contributed by atoms with E-state index in [0.29, 0.717) is 12.2 Å². The molecule has 0 spiro atoms. The van der Waals surface area contributed by atoms with Crippen LogP contribution in [0, 0.1) is 0 Å². The highest BCUT2D eigenvalue weighted by Gasteiger charge is 2.33. The number of carbonyl (C=O) groups excluding carboxylic acids is 1. The molecule has 132 valence electrons. The molecule has 2 N–H and O–H groups in total. The zero-order chi connectivity index (χ0) is 17.8. The first-order chi connectivity index (χ1) is 12.1. The first-order valence-corrected chi connectivity index (χ1v) is 8.94. The van der Waals surface area contributed by atoms with E-state index in [1.165, 1.54) is 5.56 Å². The van der Waals surface area contributed by atoms with Gasteiger partial charge in [-0.15, -0.1) is 0 Å². The highest BCUT2D eigenvalue weighted by atomic mass is 16.5. The molecule has 0 bridgehead atoms. The standard InChI is InChI=1S/C21H26N2O2/c1-3-4-13-25-21(24)17-12-8-11-16-18(15-9-6-5-7-10-15)14-23(2)20(22)19(16)17/h5-12,18,20H,3-4,13-14,22H2,1-2H3. The molecule has 2 unspecified atom stereocenters. The lowest BCUT2D eigenvalue weighted by Crippen LogP contribution is -2.41. The Bertz CT molecular complexity index is 730. The summed E-state index contributed by atoms with van der Waals surface area (Å²) in [6.45, 7) is 3.35. The number of nitrogens with zero attached hydrogens (tertiary/aromatic N) is 1. The number of rotatable bonds is 5. The number of fused-ring (bicyclic) bond motifs is 1. The molecule has 2 atom stereocenters. The second-order valence-corrected chi connectivity index (χ2v) is 6.65. The highest BCUT2D eigenvalue weighted by Crippen LogP contribution is 2.38. The van der Waals surface area contributed by atoms with E-state index in [4.69, 9.17) is 10.5 Å². The van der Waals surface area contributed by atoms with Gasteiger partial charge in [-0.05, 0) is 30.7 Å². The van der Waals surface area contributed by atoms with Crippen molar-refractivity contribution >= 4 is 5.97 Å². The van der Waals surface area contributed by atoms with Crippen LogP contribution in [0.3, 0.4) is 0 Å². The van der Waals surface area contributed by atoms with Gasteiger partial charge < -0.3 is 10.5 Å². The fourth-order valence-electron chi connectivity index (χ4n) is 3.47. The van der Waals surface area contributed by atoms with Crippen molar-refractivity contribution in [3.63, 3.8) is 0 Å². The highest BCUT2D eigenvalue weighted by molar-refractivity contribution is 5.92. The van der Waals surface area contributed by atoms with Crippen LogP contribution < -0.4 is 5.73 Å². The minimum Gasteiger partial charge on any atom is -0.462 e. The number of ether oxygens (including phenoxy) is 1. The van der Waals surface area contributed by atoms with E-state index < -0.39 is 0 Å². The molecule has 2 aromatic rings. The maximum Gasteiger partial charge on any atom is 0.338 e. The second-order valence-electron chi connectivity index (χ2n) is 6.65. The summed E-state index contributed by atoms with van der Waals surface area (Å²) >= 11 is 0. The lowest BCUT2D eigenvalue weighted by Gasteiger charge is -2.38. The summed E-state index contributed by atoms with van der Waals surface area (Å²) in [4.78, 5) is 14.7. The van der Waals surface area contributed by atoms with Gasteiger partial charge in [-0.3, -0.25) is 4.90 Å². The maximum atomic E-state index is 12.6. The largest absolute Gasteiger partial charge is 0.462 e. The van der Waals surface area contributed by atoms with Gasteiger partial charge in [-0.25, -0.2) is 4.79 Å². The van der Waals surface area contributed by atoms with Gasteiger partial charge in [0.25, 0.3) is 0 Å². The molecule has 4 heteroatoms. The molecule has 0 aromatic heterocycles. The minimum atomic E-state index is -0.301. The Morgan fingerprint density at radius 2 is 1.96 bits per heavy atom. The maximum absolute atomic E-state index is 12.6. The molecule has 0 saturated carbocycles. The van der Waals surface area contributed by atoms with Crippen LogP contribution in [-0.2, 0) is 4.74 Å². The number of hydrogen-bond acceptors (Lipinski definition) is 4. The molecule has 1 heterocycles. The van der Waals surface area contributed by atoms with E-state index in [1.54, 1.807) is 0 Å². The van der Waals surface area contributed by atoms with Gasteiger partial charge in [0, 0.05) is 18.0 Å². The van der Waals surface area contributed by atoms with E-state index in [0.717, 1.165) is 30.5 Å². The normalized spacial score (nSPS) is 20.1. The Kier molecular flexibility index (Phi) is 5.51. The smallest absolute Gasteiger partial charge is 0.338 e. The van der Waals surface area contributed by atoms with E-state index in [2.05, 4.69) is 30.0 Å². The number of carbonyl (C=O) groups is 1. The molecule has 0 amide bonds. The lowest BCUT2D eigenvalue weighted by atomic mass is 9.81. The van der Waals surface area contributed by atoms with Crippen LogP contribution in [0.15, 0.2) is 48.5 Å². The van der Waals surface area contributed by atoms with Crippen molar-refractivity contribution in [2.45, 2.75) is 31.8 Å². The van der Waals surface area contributed by atoms with Crippen molar-refractivity contribution in [3.8, 4) is 0 Å². The Morgan fingerprint density at radius 3 is 2.68 bits per heavy atom. The van der Waals surface area contributed by atoms with E-state index in [-0.39, 0.29) is 18.1 Å². The predicted molar refractivity (Wildman–Crippen MR) is 99.5 cm³/mol. The monoisotopic (exact) mass is 338 g/mol. The van der Waals surface area contributed by atoms with Crippen LogP contribution in [0.5, 0.6) is 0 Å². The number of unbranched alkanes of at least 4 members (excludes halogenated alkanes) is 1. The third-order valence-electron chi connectivity index (χ3n) is 4.91. The molecule has 3 rings (SSSR count). The number of nitrogens with two attached hydrogens (primary N) is 1. The van der Waals surface area contributed by atoms with Crippen LogP contribution >= 0.6 is 0 Å². The SMILES string of the molecule is CCCCOC(=O)c1cccc2c1C(N)N(C)CC2c1ccccc1. The summed E-state index contributed by atoms with van der Waals surface area (Å²) in [7, 11) is 2.00. The Hall–Kier alpha value is -2.17. The van der Waals surface area contributed by atoms with Crippen LogP contribution in [-0.4, -0.2) is 31.1 Å². The van der Waals surface area contributed by atoms with Crippen LogP contribution in [0.25, 0.3) is 0 Å². The third kappa shape index (κ3) is 3.60. The van der Waals surface area contributed by atoms with Gasteiger partial charge in [0.1, 0.15) is 0 Å². The molecule has 25 heavy (non-hydrogen) atoms. The minimum absolute atomic E-state index is 0.199. The average molecular weight is 338 g/mol. The van der Waals surface area contributed by atoms with Gasteiger partial charge in [-0.1, -0.05) is 55.8 Å². The van der Waals surface area contributed by atoms with Crippen LogP contribution in [0.4, 0.5) is 0 Å². The summed E-state index contributed by atoms with van der Waals surface area (Å²) < 4.78 is 5.45. The van der Waals surface area contributed by atoms with E-state index >= 15 is 0 Å². The van der Waals surface area contributed by atoms with Gasteiger partial charge >= 0.3 is 5.97 Å². The molecule has 0 aliphatic carbocycles. The van der Waals surface area contributed by atoms with Gasteiger partial charge in [0.15, 0.2) is 0 Å². The van der Waals surface area contributed by atoms with E-state index in [9.17, 15) is 4.79 Å². The first-order valence-electron chi connectivity index (χ1n) is 8.94. The molecule has 0 saturated heterocycles. The van der Waals surface area contributed by atoms with Crippen molar-refractivity contribution in [1.82, 2.24) is 4.90 Å². The molecule has 0 radical (unpaired) electrons. The average Bonchev–Trinajstić information content (AvgIpc) is 2.65. The van der Waals surface area contributed by atoms with Crippen molar-refractivity contribution in [3.05, 3.63) is 70.8 Å². The summed E-state index contributed by atoms with van der Waals surface area (Å²) in [6.07, 6.45) is 1.57. The Morgan fingerprint density at radius 1 is 1.20 bits per heavy atom. The molecular weight excluding hydrogens is 312 g/mol. The van der Waals surface area contributed by atoms with Crippen molar-refractivity contribution in [2.75, 3.05) is 20.2 Å². The van der Waals surface area contributed by atoms with Gasteiger partial charge in [-0.2, -0.15) is 0 Å². The quantitative estimate of drug-likeness (QED) is 0.667. The topological polar surface area (TPSA) is 55.6 Å². The second kappa shape index (κ2) is 7.81. The molecule has 1 aliphatic rings. The first kappa shape index (κ1) is 17.6. The molecule has 2 aromatic carbocycles. The van der Waals surface area contributed by atoms with Crippen LogP contribution in [0.1, 0.15) is 58.9 Å². The fourth-order valence-corrected chi connectivity index (χ4v) is 3.47. The summed E-state index contributed by atoms with van der Waals surface area (Å²) in [5.41, 5.74) is 10.3. The van der Waals surface area contributed by atoms with Crippen molar-refractivity contribution in [1.29, 1.82) is 0 Å². The zero-order valence-corrected chi connectivity index (χ0v) is 14.9. The number of likely N-dealkylation sites (N-methyl/N-ethyl adjacent to an activating group) is 1. The van der Waals surface area contributed by atoms with Crippen molar-refractivity contribution < 1.29 is 9.53 Å². The van der Waals surface area contributed by atoms with Crippen molar-refractivity contribution in [2.24, 2.45) is 5.73 Å². The fraction of sp³-hybridized carbons (Fsp3) is 0.381. The third-order valence-corrected chi connectivity index (χ3v) is 4.91. The molecule has 1 aliphatic heterocycles. The molecule has 0 fully saturated rings. The number of benzene rings is 2. The molecule has 4 nitrogen and oxygen atoms in total. The summed E-state index contributed by atoms with van der Waals surface area (Å²) in [6, 6.07) is 16.2. The Balaban J connectivity index is 2.00. The molecular formula is C21H26N2O2. The number of esters is 1. The summed E-state index contributed by atoms with van der Waals surface area (Å²) in [5.74, 6) is -0.0766. The zero-order valence-electron chi connectivity index (χ0n) is 14.9. The lowest BCUT2D eigenvalue weighted by molar-refractivity contribution is 0.0494. The Labute approximate surface area is 149 Å². The predicted octanol–water partition coefficient (Wildman–Crippen LogP) is 3.68. The van der Waals surface area contributed by atoms with Gasteiger partial charge in [0.2, 0.25) is 0 Å².